The van der Waals surface area contributed by atoms with Crippen LogP contribution in [-0.4, -0.2) is 0 Å². The van der Waals surface area contributed by atoms with Gasteiger partial charge in [-0.2, -0.15) is 0 Å². The Hall–Kier alpha value is -1.04. The fraction of sp³-hybridized carbons (Fsp3) is 0.579. The third kappa shape index (κ3) is 4.23. The van der Waals surface area contributed by atoms with Gasteiger partial charge in [-0.05, 0) is 61.5 Å². The van der Waals surface area contributed by atoms with Crippen LogP contribution >= 0.6 is 0 Å². The lowest BCUT2D eigenvalue weighted by atomic mass is 9.78. The number of aryl methyl sites for hydroxylation is 1. The Bertz CT molecular complexity index is 377. The maximum Gasteiger partial charge on any atom is -0.0162 e. The second-order valence-corrected chi connectivity index (χ2v) is 5.92. The summed E-state index contributed by atoms with van der Waals surface area (Å²) in [4.78, 5) is 0. The van der Waals surface area contributed by atoms with Crippen LogP contribution in [0.15, 0.2) is 36.4 Å². The fourth-order valence-electron chi connectivity index (χ4n) is 3.13. The number of hydrogen-bond acceptors (Lipinski definition) is 0. The Morgan fingerprint density at radius 1 is 1.00 bits per heavy atom. The number of allylic oxidation sites excluding steroid dienone is 2. The van der Waals surface area contributed by atoms with Crippen molar-refractivity contribution in [3.05, 3.63) is 47.5 Å². The van der Waals surface area contributed by atoms with Gasteiger partial charge in [0.15, 0.2) is 0 Å². The topological polar surface area (TPSA) is 0 Å². The smallest absolute Gasteiger partial charge is 0.0162 e. The van der Waals surface area contributed by atoms with Crippen LogP contribution in [0.2, 0.25) is 0 Å². The molecular formula is C19H28. The lowest BCUT2D eigenvalue weighted by Gasteiger charge is -2.27. The zero-order chi connectivity index (χ0) is 13.5. The molecule has 19 heavy (non-hydrogen) atoms. The molecule has 0 aromatic heterocycles. The summed E-state index contributed by atoms with van der Waals surface area (Å²) in [5, 5.41) is 0. The van der Waals surface area contributed by atoms with Gasteiger partial charge in [0.1, 0.15) is 0 Å². The van der Waals surface area contributed by atoms with Crippen molar-refractivity contribution in [2.24, 2.45) is 5.92 Å². The van der Waals surface area contributed by atoms with E-state index in [9.17, 15) is 0 Å². The zero-order valence-corrected chi connectivity index (χ0v) is 12.6. The van der Waals surface area contributed by atoms with E-state index in [1.807, 2.05) is 0 Å². The Kier molecular flexibility index (Phi) is 5.69. The van der Waals surface area contributed by atoms with Gasteiger partial charge in [-0.3, -0.25) is 0 Å². The SMILES string of the molecule is CCC/C=C/C1CCC(c2ccc(CC)cc2)CC1. The molecular weight excluding hydrogens is 228 g/mol. The number of hydrogen-bond donors (Lipinski definition) is 0. The normalized spacial score (nSPS) is 23.9. The molecule has 0 heterocycles. The van der Waals surface area contributed by atoms with E-state index < -0.39 is 0 Å². The first-order chi connectivity index (χ1) is 9.33. The van der Waals surface area contributed by atoms with Crippen LogP contribution in [0.25, 0.3) is 0 Å². The molecule has 0 nitrogen and oxygen atoms in total. The Morgan fingerprint density at radius 3 is 2.26 bits per heavy atom. The molecule has 1 aromatic rings. The highest BCUT2D eigenvalue weighted by atomic mass is 14.3. The second kappa shape index (κ2) is 7.53. The highest BCUT2D eigenvalue weighted by Gasteiger charge is 2.20. The zero-order valence-electron chi connectivity index (χ0n) is 12.6. The molecule has 0 N–H and O–H groups in total. The lowest BCUT2D eigenvalue weighted by molar-refractivity contribution is 0.375. The second-order valence-electron chi connectivity index (χ2n) is 5.92. The van der Waals surface area contributed by atoms with E-state index in [1.54, 1.807) is 5.56 Å². The molecule has 0 aliphatic heterocycles. The minimum Gasteiger partial charge on any atom is -0.0883 e. The molecule has 0 amide bonds. The minimum atomic E-state index is 0.807. The fourth-order valence-corrected chi connectivity index (χ4v) is 3.13. The Labute approximate surface area is 118 Å². The van der Waals surface area contributed by atoms with Gasteiger partial charge in [0, 0.05) is 0 Å². The molecule has 1 fully saturated rings. The summed E-state index contributed by atoms with van der Waals surface area (Å²) >= 11 is 0. The Morgan fingerprint density at radius 2 is 1.68 bits per heavy atom. The Balaban J connectivity index is 1.85. The van der Waals surface area contributed by atoms with Crippen LogP contribution in [0.4, 0.5) is 0 Å². The summed E-state index contributed by atoms with van der Waals surface area (Å²) in [5.74, 6) is 1.65. The maximum absolute atomic E-state index is 2.47. The summed E-state index contributed by atoms with van der Waals surface area (Å²) in [5.41, 5.74) is 3.02. The van der Waals surface area contributed by atoms with E-state index in [0.717, 1.165) is 18.3 Å². The van der Waals surface area contributed by atoms with Crippen LogP contribution in [0.3, 0.4) is 0 Å². The molecule has 1 aromatic carbocycles. The van der Waals surface area contributed by atoms with Gasteiger partial charge < -0.3 is 0 Å². The summed E-state index contributed by atoms with van der Waals surface area (Å²) < 4.78 is 0. The van der Waals surface area contributed by atoms with Crippen LogP contribution in [0, 0.1) is 5.92 Å². The molecule has 104 valence electrons. The molecule has 1 aliphatic carbocycles. The summed E-state index contributed by atoms with van der Waals surface area (Å²) in [6.07, 6.45) is 14.0. The van der Waals surface area contributed by atoms with Crippen molar-refractivity contribution < 1.29 is 0 Å². The molecule has 0 spiro atoms. The number of rotatable bonds is 5. The monoisotopic (exact) mass is 256 g/mol. The van der Waals surface area contributed by atoms with E-state index in [4.69, 9.17) is 0 Å². The molecule has 0 saturated heterocycles. The van der Waals surface area contributed by atoms with Gasteiger partial charge in [-0.1, -0.05) is 56.7 Å². The van der Waals surface area contributed by atoms with Crippen LogP contribution in [-0.2, 0) is 6.42 Å². The minimum absolute atomic E-state index is 0.807. The predicted molar refractivity (Wildman–Crippen MR) is 84.6 cm³/mol. The molecule has 0 unspecified atom stereocenters. The van der Waals surface area contributed by atoms with Gasteiger partial charge in [0.2, 0.25) is 0 Å². The van der Waals surface area contributed by atoms with E-state index in [2.05, 4.69) is 50.3 Å². The van der Waals surface area contributed by atoms with Gasteiger partial charge in [0.05, 0.1) is 0 Å². The summed E-state index contributed by atoms with van der Waals surface area (Å²) in [6, 6.07) is 9.33. The third-order valence-electron chi connectivity index (χ3n) is 4.49. The van der Waals surface area contributed by atoms with Crippen molar-refractivity contribution in [2.45, 2.75) is 64.7 Å². The average Bonchev–Trinajstić information content (AvgIpc) is 2.48. The van der Waals surface area contributed by atoms with Gasteiger partial charge >= 0.3 is 0 Å². The molecule has 0 radical (unpaired) electrons. The molecule has 2 rings (SSSR count). The number of benzene rings is 1. The van der Waals surface area contributed by atoms with Crippen LogP contribution < -0.4 is 0 Å². The van der Waals surface area contributed by atoms with Crippen molar-refractivity contribution in [3.8, 4) is 0 Å². The van der Waals surface area contributed by atoms with Crippen molar-refractivity contribution in [1.82, 2.24) is 0 Å². The van der Waals surface area contributed by atoms with Gasteiger partial charge in [0.25, 0.3) is 0 Å². The average molecular weight is 256 g/mol. The third-order valence-corrected chi connectivity index (χ3v) is 4.49. The van der Waals surface area contributed by atoms with E-state index in [0.29, 0.717) is 0 Å². The first kappa shape index (κ1) is 14.4. The van der Waals surface area contributed by atoms with E-state index in [1.165, 1.54) is 44.1 Å². The standard InChI is InChI=1S/C19H28/c1-3-5-6-7-17-10-14-19(15-11-17)18-12-8-16(4-2)9-13-18/h6-9,12-13,17,19H,3-5,10-11,14-15H2,1-2H3/b7-6+. The first-order valence-corrected chi connectivity index (χ1v) is 8.09. The van der Waals surface area contributed by atoms with Crippen LogP contribution in [0.1, 0.15) is 69.4 Å². The highest BCUT2D eigenvalue weighted by Crippen LogP contribution is 2.36. The number of unbranched alkanes of at least 4 members (excludes halogenated alkanes) is 1. The molecule has 1 saturated carbocycles. The molecule has 0 bridgehead atoms. The van der Waals surface area contributed by atoms with Crippen molar-refractivity contribution in [2.75, 3.05) is 0 Å². The van der Waals surface area contributed by atoms with Crippen molar-refractivity contribution >= 4 is 0 Å². The summed E-state index contributed by atoms with van der Waals surface area (Å²) in [7, 11) is 0. The molecule has 1 aliphatic rings. The largest absolute Gasteiger partial charge is 0.0883 e. The highest BCUT2D eigenvalue weighted by molar-refractivity contribution is 5.25. The van der Waals surface area contributed by atoms with Gasteiger partial charge in [-0.15, -0.1) is 0 Å². The predicted octanol–water partition coefficient (Wildman–Crippen LogP) is 5.88. The maximum atomic E-state index is 2.47. The van der Waals surface area contributed by atoms with Crippen molar-refractivity contribution in [3.63, 3.8) is 0 Å². The summed E-state index contributed by atoms with van der Waals surface area (Å²) in [6.45, 7) is 4.48. The molecule has 0 atom stereocenters. The lowest BCUT2D eigenvalue weighted by Crippen LogP contribution is -2.11. The van der Waals surface area contributed by atoms with Gasteiger partial charge in [-0.25, -0.2) is 0 Å². The van der Waals surface area contributed by atoms with Crippen LogP contribution in [0.5, 0.6) is 0 Å². The first-order valence-electron chi connectivity index (χ1n) is 8.09. The molecule has 0 heteroatoms. The quantitative estimate of drug-likeness (QED) is 0.577. The van der Waals surface area contributed by atoms with E-state index >= 15 is 0 Å². The van der Waals surface area contributed by atoms with Crippen molar-refractivity contribution in [1.29, 1.82) is 0 Å². The van der Waals surface area contributed by atoms with E-state index in [-0.39, 0.29) is 0 Å².